The SMILES string of the molecule is COCCCOc1cc2c(nc1OC)-c1c(cc(C(=O)OC)c(=O)n1Cc1ccccc1)C(C(C)C)C2. The van der Waals surface area contributed by atoms with Gasteiger partial charge in [0.15, 0.2) is 5.75 Å². The van der Waals surface area contributed by atoms with Crippen LogP contribution in [0, 0.1) is 5.92 Å². The van der Waals surface area contributed by atoms with Crippen LogP contribution in [0.5, 0.6) is 11.6 Å². The number of methoxy groups -OCH3 is 3. The van der Waals surface area contributed by atoms with E-state index in [0.29, 0.717) is 42.7 Å². The fourth-order valence-corrected chi connectivity index (χ4v) is 4.86. The maximum atomic E-state index is 13.7. The smallest absolute Gasteiger partial charge is 0.343 e. The summed E-state index contributed by atoms with van der Waals surface area (Å²) < 4.78 is 23.3. The van der Waals surface area contributed by atoms with Crippen molar-refractivity contribution in [2.45, 2.75) is 39.2 Å². The van der Waals surface area contributed by atoms with E-state index in [4.69, 9.17) is 23.9 Å². The number of pyridine rings is 2. The van der Waals surface area contributed by atoms with Gasteiger partial charge in [0, 0.05) is 20.1 Å². The molecule has 2 aromatic heterocycles. The Balaban J connectivity index is 1.95. The van der Waals surface area contributed by atoms with Gasteiger partial charge in [-0.05, 0) is 47.1 Å². The number of hydrogen-bond donors (Lipinski definition) is 0. The van der Waals surface area contributed by atoms with Gasteiger partial charge in [-0.3, -0.25) is 4.79 Å². The zero-order valence-electron chi connectivity index (χ0n) is 22.1. The molecule has 1 aromatic carbocycles. The Hall–Kier alpha value is -3.65. The van der Waals surface area contributed by atoms with Crippen LogP contribution in [0.25, 0.3) is 11.4 Å². The summed E-state index contributed by atoms with van der Waals surface area (Å²) >= 11 is 0. The minimum absolute atomic E-state index is 0.0244. The molecule has 8 nitrogen and oxygen atoms in total. The normalized spacial score (nSPS) is 14.2. The first-order valence-corrected chi connectivity index (χ1v) is 12.5. The molecular weight excluding hydrogens is 472 g/mol. The molecule has 3 aromatic rings. The molecule has 8 heteroatoms. The van der Waals surface area contributed by atoms with Crippen LogP contribution in [0.2, 0.25) is 0 Å². The number of fused-ring (bicyclic) bond motifs is 3. The van der Waals surface area contributed by atoms with Gasteiger partial charge in [0.1, 0.15) is 5.56 Å². The van der Waals surface area contributed by atoms with Gasteiger partial charge in [0.25, 0.3) is 11.4 Å². The summed E-state index contributed by atoms with van der Waals surface area (Å²) in [5, 5.41) is 0. The standard InChI is InChI=1S/C29H34N2O6/c1-18(2)21-14-20-15-24(37-13-9-12-34-3)27(35-4)30-25(20)26-22(21)16-23(29(33)36-5)28(32)31(26)17-19-10-7-6-8-11-19/h6-8,10-11,15-16,18,21H,9,12-14,17H2,1-5H3. The van der Waals surface area contributed by atoms with Gasteiger partial charge in [0.2, 0.25) is 0 Å². The Morgan fingerprint density at radius 1 is 1.11 bits per heavy atom. The summed E-state index contributed by atoms with van der Waals surface area (Å²) in [5.41, 5.74) is 3.79. The number of carbonyl (C=O) groups is 1. The lowest BCUT2D eigenvalue weighted by atomic mass is 9.76. The van der Waals surface area contributed by atoms with Crippen molar-refractivity contribution in [1.82, 2.24) is 9.55 Å². The van der Waals surface area contributed by atoms with Crippen molar-refractivity contribution in [3.8, 4) is 23.0 Å². The summed E-state index contributed by atoms with van der Waals surface area (Å²) in [5.74, 6) is 0.568. The molecule has 1 unspecified atom stereocenters. The van der Waals surface area contributed by atoms with Crippen molar-refractivity contribution in [1.29, 1.82) is 0 Å². The van der Waals surface area contributed by atoms with E-state index in [1.165, 1.54) is 7.11 Å². The lowest BCUT2D eigenvalue weighted by Crippen LogP contribution is -2.33. The number of carbonyl (C=O) groups excluding carboxylic acids is 1. The van der Waals surface area contributed by atoms with Gasteiger partial charge >= 0.3 is 5.97 Å². The molecule has 0 saturated heterocycles. The first-order valence-electron chi connectivity index (χ1n) is 12.5. The van der Waals surface area contributed by atoms with Gasteiger partial charge in [-0.1, -0.05) is 44.2 Å². The predicted molar refractivity (Wildman–Crippen MR) is 141 cm³/mol. The Morgan fingerprint density at radius 3 is 2.51 bits per heavy atom. The number of benzene rings is 1. The second-order valence-corrected chi connectivity index (χ2v) is 9.48. The highest BCUT2D eigenvalue weighted by molar-refractivity contribution is 5.90. The minimum Gasteiger partial charge on any atom is -0.488 e. The molecule has 0 spiro atoms. The summed E-state index contributed by atoms with van der Waals surface area (Å²) in [6.07, 6.45) is 1.43. The van der Waals surface area contributed by atoms with Gasteiger partial charge < -0.3 is 23.5 Å². The fraction of sp³-hybridized carbons (Fsp3) is 0.414. The summed E-state index contributed by atoms with van der Waals surface area (Å²) in [6.45, 7) is 5.64. The van der Waals surface area contributed by atoms with Crippen LogP contribution < -0.4 is 15.0 Å². The first kappa shape index (κ1) is 26.4. The van der Waals surface area contributed by atoms with Crippen molar-refractivity contribution in [2.75, 3.05) is 34.5 Å². The van der Waals surface area contributed by atoms with E-state index in [0.717, 1.165) is 23.1 Å². The number of aromatic nitrogens is 2. The van der Waals surface area contributed by atoms with Gasteiger partial charge in [0.05, 0.1) is 38.8 Å². The van der Waals surface area contributed by atoms with E-state index in [1.54, 1.807) is 24.9 Å². The van der Waals surface area contributed by atoms with Crippen LogP contribution in [0.3, 0.4) is 0 Å². The van der Waals surface area contributed by atoms with Crippen molar-refractivity contribution < 1.29 is 23.7 Å². The average Bonchev–Trinajstić information content (AvgIpc) is 2.91. The van der Waals surface area contributed by atoms with Crippen LogP contribution in [-0.2, 0) is 22.4 Å². The third-order valence-electron chi connectivity index (χ3n) is 6.75. The summed E-state index contributed by atoms with van der Waals surface area (Å²) in [6, 6.07) is 13.4. The summed E-state index contributed by atoms with van der Waals surface area (Å²) in [7, 11) is 4.50. The molecule has 2 heterocycles. The Morgan fingerprint density at radius 2 is 1.86 bits per heavy atom. The van der Waals surface area contributed by atoms with E-state index in [1.807, 2.05) is 36.4 Å². The predicted octanol–water partition coefficient (Wildman–Crippen LogP) is 4.46. The molecule has 1 aliphatic carbocycles. The monoisotopic (exact) mass is 506 g/mol. The zero-order chi connectivity index (χ0) is 26.5. The quantitative estimate of drug-likeness (QED) is 0.296. The maximum absolute atomic E-state index is 13.7. The van der Waals surface area contributed by atoms with Gasteiger partial charge in [-0.15, -0.1) is 0 Å². The average molecular weight is 507 g/mol. The molecule has 1 atom stereocenters. The Labute approximate surface area is 217 Å². The highest BCUT2D eigenvalue weighted by Gasteiger charge is 2.34. The Bertz CT molecular complexity index is 1320. The van der Waals surface area contributed by atoms with Crippen LogP contribution in [0.1, 0.15) is 53.2 Å². The van der Waals surface area contributed by atoms with Crippen LogP contribution in [-0.4, -0.2) is 50.1 Å². The molecule has 4 rings (SSSR count). The molecule has 0 aliphatic heterocycles. The zero-order valence-corrected chi connectivity index (χ0v) is 22.1. The van der Waals surface area contributed by atoms with E-state index in [-0.39, 0.29) is 23.9 Å². The largest absolute Gasteiger partial charge is 0.488 e. The lowest BCUT2D eigenvalue weighted by molar-refractivity contribution is 0.0597. The first-order chi connectivity index (χ1) is 17.9. The maximum Gasteiger partial charge on any atom is 0.343 e. The number of nitrogens with zero attached hydrogens (tertiary/aromatic N) is 2. The second kappa shape index (κ2) is 11.6. The van der Waals surface area contributed by atoms with Crippen molar-refractivity contribution in [3.05, 3.63) is 75.1 Å². The molecule has 0 saturated carbocycles. The number of ether oxygens (including phenoxy) is 4. The molecule has 0 bridgehead atoms. The molecule has 37 heavy (non-hydrogen) atoms. The van der Waals surface area contributed by atoms with E-state index in [2.05, 4.69) is 13.8 Å². The topological polar surface area (TPSA) is 88.9 Å². The van der Waals surface area contributed by atoms with Crippen LogP contribution in [0.4, 0.5) is 0 Å². The fourth-order valence-electron chi connectivity index (χ4n) is 4.86. The van der Waals surface area contributed by atoms with E-state index >= 15 is 0 Å². The summed E-state index contributed by atoms with van der Waals surface area (Å²) in [4.78, 5) is 31.2. The number of esters is 1. The minimum atomic E-state index is -0.645. The van der Waals surface area contributed by atoms with Crippen molar-refractivity contribution >= 4 is 5.97 Å². The third kappa shape index (κ3) is 5.39. The molecule has 0 amide bonds. The lowest BCUT2D eigenvalue weighted by Gasteiger charge is -2.32. The molecule has 0 fully saturated rings. The number of hydrogen-bond acceptors (Lipinski definition) is 7. The molecule has 1 aliphatic rings. The van der Waals surface area contributed by atoms with Crippen molar-refractivity contribution in [2.24, 2.45) is 5.92 Å². The molecule has 196 valence electrons. The van der Waals surface area contributed by atoms with E-state index < -0.39 is 11.5 Å². The van der Waals surface area contributed by atoms with Crippen LogP contribution >= 0.6 is 0 Å². The van der Waals surface area contributed by atoms with Gasteiger partial charge in [-0.25, -0.2) is 9.78 Å². The highest BCUT2D eigenvalue weighted by Crippen LogP contribution is 2.44. The van der Waals surface area contributed by atoms with Gasteiger partial charge in [-0.2, -0.15) is 0 Å². The third-order valence-corrected chi connectivity index (χ3v) is 6.75. The molecule has 0 radical (unpaired) electrons. The van der Waals surface area contributed by atoms with Crippen LogP contribution in [0.15, 0.2) is 47.3 Å². The molecule has 0 N–H and O–H groups in total. The van der Waals surface area contributed by atoms with E-state index in [9.17, 15) is 9.59 Å². The second-order valence-electron chi connectivity index (χ2n) is 9.48. The highest BCUT2D eigenvalue weighted by atomic mass is 16.5. The molecular formula is C29H34N2O6. The number of rotatable bonds is 10. The van der Waals surface area contributed by atoms with Crippen molar-refractivity contribution in [3.63, 3.8) is 0 Å². The Kier molecular flexibility index (Phi) is 8.28.